The molecule has 0 aromatic carbocycles. The van der Waals surface area contributed by atoms with Crippen molar-refractivity contribution in [3.05, 3.63) is 35.8 Å². The molecule has 2 heterocycles. The van der Waals surface area contributed by atoms with Crippen LogP contribution in [0.3, 0.4) is 0 Å². The smallest absolute Gasteiger partial charge is 0.355 e. The van der Waals surface area contributed by atoms with Gasteiger partial charge in [0.1, 0.15) is 11.5 Å². The molecule has 2 aromatic rings. The third-order valence-corrected chi connectivity index (χ3v) is 4.83. The molecule has 0 radical (unpaired) electrons. The van der Waals surface area contributed by atoms with Crippen LogP contribution in [0.15, 0.2) is 24.5 Å². The van der Waals surface area contributed by atoms with Gasteiger partial charge in [0, 0.05) is 54.3 Å². The molecule has 0 saturated carbocycles. The Morgan fingerprint density at radius 3 is 2.77 bits per heavy atom. The summed E-state index contributed by atoms with van der Waals surface area (Å²) in [5.74, 6) is 0.479. The minimum atomic E-state index is -0.345. The number of esters is 1. The lowest BCUT2D eigenvalue weighted by molar-refractivity contribution is 0.0593. The van der Waals surface area contributed by atoms with Crippen molar-refractivity contribution in [3.63, 3.8) is 0 Å². The fourth-order valence-corrected chi connectivity index (χ4v) is 3.44. The lowest BCUT2D eigenvalue weighted by Crippen LogP contribution is -2.11. The average Bonchev–Trinajstić information content (AvgIpc) is 2.92. The van der Waals surface area contributed by atoms with E-state index in [2.05, 4.69) is 45.4 Å². The third kappa shape index (κ3) is 3.75. The second-order valence-electron chi connectivity index (χ2n) is 5.18. The fraction of sp³-hybridized carbons (Fsp3) is 0.333. The van der Waals surface area contributed by atoms with Gasteiger partial charge in [-0.1, -0.05) is 0 Å². The van der Waals surface area contributed by atoms with Gasteiger partial charge in [-0.25, -0.2) is 9.78 Å². The van der Waals surface area contributed by atoms with Crippen molar-refractivity contribution in [3.8, 4) is 11.1 Å². The van der Waals surface area contributed by atoms with Gasteiger partial charge < -0.3 is 10.1 Å². The summed E-state index contributed by atoms with van der Waals surface area (Å²) >= 11 is 2.14. The number of anilines is 1. The van der Waals surface area contributed by atoms with Crippen LogP contribution >= 0.6 is 30.3 Å². The van der Waals surface area contributed by atoms with Gasteiger partial charge in [-0.05, 0) is 44.0 Å². The van der Waals surface area contributed by atoms with Crippen molar-refractivity contribution in [1.29, 1.82) is 0 Å². The maximum absolute atomic E-state index is 11.9. The van der Waals surface area contributed by atoms with Crippen LogP contribution in [0.1, 0.15) is 29.9 Å². The zero-order valence-corrected chi connectivity index (χ0v) is 15.9. The van der Waals surface area contributed by atoms with Crippen molar-refractivity contribution in [1.82, 2.24) is 8.96 Å². The summed E-state index contributed by atoms with van der Waals surface area (Å²) in [5.41, 5.74) is 3.59. The second-order valence-corrected chi connectivity index (χ2v) is 6.90. The topological polar surface area (TPSA) is 56.1 Å². The lowest BCUT2D eigenvalue weighted by Gasteiger charge is -2.11. The first-order valence-corrected chi connectivity index (χ1v) is 10.1. The average molecular weight is 431 g/mol. The molecule has 2 aromatic heterocycles. The van der Waals surface area contributed by atoms with Crippen LogP contribution in [0.4, 0.5) is 5.82 Å². The van der Waals surface area contributed by atoms with Crippen molar-refractivity contribution < 1.29 is 9.53 Å². The molecule has 0 aliphatic carbocycles. The number of methoxy groups -OCH3 is 1. The van der Waals surface area contributed by atoms with Crippen molar-refractivity contribution in [2.75, 3.05) is 12.4 Å². The largest absolute Gasteiger partial charge is 0.464 e. The van der Waals surface area contributed by atoms with Crippen LogP contribution in [0.25, 0.3) is 11.1 Å². The van der Waals surface area contributed by atoms with Crippen molar-refractivity contribution in [2.24, 2.45) is 0 Å². The molecule has 2 rings (SSSR count). The predicted molar refractivity (Wildman–Crippen MR) is 99.5 cm³/mol. The Morgan fingerprint density at radius 2 is 2.18 bits per heavy atom. The molecule has 118 valence electrons. The van der Waals surface area contributed by atoms with Gasteiger partial charge in [-0.3, -0.25) is 3.97 Å². The van der Waals surface area contributed by atoms with Crippen molar-refractivity contribution >= 4 is 42.1 Å². The Bertz CT molecular complexity index is 685. The number of aromatic nitrogens is 2. The summed E-state index contributed by atoms with van der Waals surface area (Å²) in [7, 11) is 2.82. The molecule has 0 spiro atoms. The maximum atomic E-state index is 11.9. The Balaban J connectivity index is 2.47. The van der Waals surface area contributed by atoms with E-state index in [1.807, 2.05) is 31.5 Å². The maximum Gasteiger partial charge on any atom is 0.355 e. The first-order valence-electron chi connectivity index (χ1n) is 6.79. The standard InChI is InChI=1S/C15H18IN3O2S/c1-9(2)18-14-6-12(10(3)7-17-14)11-5-13(15(20)21-4)19(8-11)22-16/h5-9H,1-4H3,(H,17,18). The van der Waals surface area contributed by atoms with E-state index in [9.17, 15) is 4.79 Å². The van der Waals surface area contributed by atoms with Crippen LogP contribution in [-0.4, -0.2) is 28.1 Å². The van der Waals surface area contributed by atoms with E-state index >= 15 is 0 Å². The van der Waals surface area contributed by atoms with E-state index in [0.717, 1.165) is 22.5 Å². The van der Waals surface area contributed by atoms with E-state index < -0.39 is 0 Å². The number of pyridine rings is 1. The van der Waals surface area contributed by atoms with Crippen LogP contribution in [0, 0.1) is 6.92 Å². The minimum Gasteiger partial charge on any atom is -0.464 e. The van der Waals surface area contributed by atoms with E-state index in [4.69, 9.17) is 4.74 Å². The highest BCUT2D eigenvalue weighted by Crippen LogP contribution is 2.31. The second kappa shape index (κ2) is 7.36. The normalized spacial score (nSPS) is 10.8. The Labute approximate surface area is 146 Å². The highest BCUT2D eigenvalue weighted by atomic mass is 127. The molecule has 1 N–H and O–H groups in total. The Morgan fingerprint density at radius 1 is 1.45 bits per heavy atom. The van der Waals surface area contributed by atoms with Gasteiger partial charge in [-0.2, -0.15) is 0 Å². The van der Waals surface area contributed by atoms with Crippen LogP contribution in [0.5, 0.6) is 0 Å². The van der Waals surface area contributed by atoms with Crippen LogP contribution in [-0.2, 0) is 4.74 Å². The van der Waals surface area contributed by atoms with Crippen molar-refractivity contribution in [2.45, 2.75) is 26.8 Å². The number of rotatable bonds is 5. The summed E-state index contributed by atoms with van der Waals surface area (Å²) in [4.78, 5) is 16.2. The lowest BCUT2D eigenvalue weighted by atomic mass is 10.1. The van der Waals surface area contributed by atoms with E-state index in [0.29, 0.717) is 11.7 Å². The number of ether oxygens (including phenoxy) is 1. The molecule has 0 aliphatic heterocycles. The molecular formula is C15H18IN3O2S. The number of carbonyl (C=O) groups is 1. The monoisotopic (exact) mass is 431 g/mol. The number of carbonyl (C=O) groups excluding carboxylic acids is 1. The highest BCUT2D eigenvalue weighted by Gasteiger charge is 2.16. The molecule has 0 unspecified atom stereocenters. The van der Waals surface area contributed by atoms with Crippen LogP contribution in [0.2, 0.25) is 0 Å². The van der Waals surface area contributed by atoms with Gasteiger partial charge >= 0.3 is 5.97 Å². The predicted octanol–water partition coefficient (Wildman–Crippen LogP) is 4.31. The Kier molecular flexibility index (Phi) is 5.74. The number of halogens is 1. The number of nitrogens with one attached hydrogen (secondary N) is 1. The SMILES string of the molecule is COC(=O)c1cc(-c2cc(NC(C)C)ncc2C)cn1SI. The number of nitrogens with zero attached hydrogens (tertiary/aromatic N) is 2. The molecule has 0 saturated heterocycles. The summed E-state index contributed by atoms with van der Waals surface area (Å²) in [5, 5.41) is 3.30. The molecule has 22 heavy (non-hydrogen) atoms. The highest BCUT2D eigenvalue weighted by molar-refractivity contribution is 14.2. The molecule has 0 atom stereocenters. The molecular weight excluding hydrogens is 413 g/mol. The summed E-state index contributed by atoms with van der Waals surface area (Å²) in [6, 6.07) is 4.16. The minimum absolute atomic E-state index is 0.309. The van der Waals surface area contributed by atoms with Gasteiger partial charge in [0.15, 0.2) is 0 Å². The first kappa shape index (κ1) is 17.1. The number of hydrogen-bond acceptors (Lipinski definition) is 5. The van der Waals surface area contributed by atoms with Crippen LogP contribution < -0.4 is 5.32 Å². The van der Waals surface area contributed by atoms with Gasteiger partial charge in [0.05, 0.1) is 7.11 Å². The number of hydrogen-bond donors (Lipinski definition) is 1. The zero-order valence-electron chi connectivity index (χ0n) is 12.9. The third-order valence-electron chi connectivity index (χ3n) is 3.11. The first-order chi connectivity index (χ1) is 10.5. The molecule has 5 nitrogen and oxygen atoms in total. The summed E-state index contributed by atoms with van der Waals surface area (Å²) in [6.45, 7) is 6.15. The number of aryl methyl sites for hydroxylation is 1. The van der Waals surface area contributed by atoms with E-state index in [1.165, 1.54) is 16.2 Å². The summed E-state index contributed by atoms with van der Waals surface area (Å²) < 4.78 is 6.64. The van der Waals surface area contributed by atoms with E-state index in [-0.39, 0.29) is 5.97 Å². The molecule has 0 amide bonds. The molecule has 0 fully saturated rings. The summed E-state index contributed by atoms with van der Waals surface area (Å²) in [6.07, 6.45) is 3.78. The molecule has 7 heteroatoms. The Hall–Kier alpha value is -1.22. The van der Waals surface area contributed by atoms with E-state index in [1.54, 1.807) is 3.97 Å². The quantitative estimate of drug-likeness (QED) is 0.565. The molecule has 0 aliphatic rings. The van der Waals surface area contributed by atoms with Gasteiger partial charge in [0.2, 0.25) is 0 Å². The zero-order chi connectivity index (χ0) is 16.3. The van der Waals surface area contributed by atoms with Gasteiger partial charge in [-0.15, -0.1) is 0 Å². The van der Waals surface area contributed by atoms with Gasteiger partial charge in [0.25, 0.3) is 0 Å². The fourth-order valence-electron chi connectivity index (χ4n) is 2.11. The molecule has 0 bridgehead atoms.